The largest absolute Gasteiger partial charge is 0.368 e. The third-order valence-corrected chi connectivity index (χ3v) is 2.71. The zero-order chi connectivity index (χ0) is 11.4. The second-order valence-corrected chi connectivity index (χ2v) is 4.58. The van der Waals surface area contributed by atoms with Crippen LogP contribution in [0, 0.1) is 17.8 Å². The molecular formula is C10H21N5. The van der Waals surface area contributed by atoms with Gasteiger partial charge < -0.3 is 11.1 Å². The number of nitrogen functional groups attached to an aromatic ring is 1. The van der Waals surface area contributed by atoms with Gasteiger partial charge in [0.1, 0.15) is 0 Å². The molecule has 0 radical (unpaired) electrons. The minimum atomic E-state index is 0.350. The van der Waals surface area contributed by atoms with Gasteiger partial charge in [-0.15, -0.1) is 5.10 Å². The molecule has 0 saturated carbocycles. The first-order valence-electron chi connectivity index (χ1n) is 5.42. The highest BCUT2D eigenvalue weighted by Gasteiger charge is 2.17. The van der Waals surface area contributed by atoms with E-state index in [9.17, 15) is 0 Å². The summed E-state index contributed by atoms with van der Waals surface area (Å²) in [7, 11) is 0. The summed E-state index contributed by atoms with van der Waals surface area (Å²) < 4.78 is 0. The van der Waals surface area contributed by atoms with E-state index in [0.717, 1.165) is 6.54 Å². The Morgan fingerprint density at radius 2 is 1.87 bits per heavy atom. The summed E-state index contributed by atoms with van der Waals surface area (Å²) in [5.41, 5.74) is 5.44. The predicted octanol–water partition coefficient (Wildman–Crippen LogP) is 1.73. The van der Waals surface area contributed by atoms with E-state index in [-0.39, 0.29) is 0 Å². The standard InChI is InChI=1S/C10H21N5/c1-6(2)8(7(3)4)5-12-10-13-9(11)14-15-10/h6-8H,5H2,1-4H3,(H4,11,12,13,14,15). The molecule has 0 spiro atoms. The van der Waals surface area contributed by atoms with Crippen molar-refractivity contribution in [1.29, 1.82) is 0 Å². The number of H-pyrrole nitrogens is 1. The molecule has 86 valence electrons. The molecule has 0 aliphatic carbocycles. The van der Waals surface area contributed by atoms with Gasteiger partial charge in [0.05, 0.1) is 0 Å². The van der Waals surface area contributed by atoms with Crippen molar-refractivity contribution in [2.24, 2.45) is 17.8 Å². The first kappa shape index (κ1) is 11.8. The molecule has 0 aromatic carbocycles. The van der Waals surface area contributed by atoms with Crippen molar-refractivity contribution >= 4 is 11.9 Å². The van der Waals surface area contributed by atoms with E-state index in [0.29, 0.717) is 29.7 Å². The van der Waals surface area contributed by atoms with E-state index in [4.69, 9.17) is 5.73 Å². The zero-order valence-electron chi connectivity index (χ0n) is 9.91. The summed E-state index contributed by atoms with van der Waals surface area (Å²) in [5.74, 6) is 2.84. The van der Waals surface area contributed by atoms with E-state index >= 15 is 0 Å². The van der Waals surface area contributed by atoms with Crippen LogP contribution in [-0.4, -0.2) is 21.7 Å². The van der Waals surface area contributed by atoms with Crippen molar-refractivity contribution in [3.8, 4) is 0 Å². The lowest BCUT2D eigenvalue weighted by molar-refractivity contribution is 0.304. The number of nitrogens with two attached hydrogens (primary N) is 1. The van der Waals surface area contributed by atoms with Crippen LogP contribution in [0.15, 0.2) is 0 Å². The van der Waals surface area contributed by atoms with Gasteiger partial charge in [0.2, 0.25) is 11.9 Å². The number of aromatic nitrogens is 3. The molecule has 0 fully saturated rings. The van der Waals surface area contributed by atoms with Crippen LogP contribution in [0.1, 0.15) is 27.7 Å². The van der Waals surface area contributed by atoms with Gasteiger partial charge in [-0.3, -0.25) is 0 Å². The van der Waals surface area contributed by atoms with Crippen LogP contribution in [0.25, 0.3) is 0 Å². The van der Waals surface area contributed by atoms with Crippen molar-refractivity contribution in [3.05, 3.63) is 0 Å². The number of hydrogen-bond acceptors (Lipinski definition) is 4. The molecule has 1 rings (SSSR count). The molecule has 1 heterocycles. The van der Waals surface area contributed by atoms with Crippen molar-refractivity contribution in [1.82, 2.24) is 15.2 Å². The predicted molar refractivity (Wildman–Crippen MR) is 62.5 cm³/mol. The normalized spacial score (nSPS) is 11.7. The number of nitrogens with one attached hydrogen (secondary N) is 2. The van der Waals surface area contributed by atoms with Gasteiger partial charge in [0.25, 0.3) is 0 Å². The van der Waals surface area contributed by atoms with Crippen molar-refractivity contribution in [2.75, 3.05) is 17.6 Å². The summed E-state index contributed by atoms with van der Waals surface area (Å²) in [6, 6.07) is 0. The molecule has 5 heteroatoms. The Bertz CT molecular complexity index is 284. The summed E-state index contributed by atoms with van der Waals surface area (Å²) in [6.45, 7) is 9.82. The summed E-state index contributed by atoms with van der Waals surface area (Å²) in [4.78, 5) is 4.00. The molecule has 0 atom stereocenters. The number of aromatic amines is 1. The molecule has 0 aliphatic rings. The minimum absolute atomic E-state index is 0.350. The summed E-state index contributed by atoms with van der Waals surface area (Å²) in [5, 5.41) is 9.73. The molecule has 1 aromatic heterocycles. The molecule has 0 bridgehead atoms. The van der Waals surface area contributed by atoms with Crippen LogP contribution in [0.4, 0.5) is 11.9 Å². The molecular weight excluding hydrogens is 190 g/mol. The Hall–Kier alpha value is -1.26. The maximum Gasteiger partial charge on any atom is 0.243 e. The highest BCUT2D eigenvalue weighted by atomic mass is 15.3. The Labute approximate surface area is 90.9 Å². The number of rotatable bonds is 5. The maximum atomic E-state index is 5.44. The van der Waals surface area contributed by atoms with Gasteiger partial charge in [-0.1, -0.05) is 27.7 Å². The van der Waals surface area contributed by atoms with Crippen LogP contribution in [0.3, 0.4) is 0 Å². The Morgan fingerprint density at radius 3 is 2.27 bits per heavy atom. The molecule has 15 heavy (non-hydrogen) atoms. The molecule has 0 amide bonds. The second-order valence-electron chi connectivity index (χ2n) is 4.58. The average molecular weight is 211 g/mol. The molecule has 0 saturated heterocycles. The lowest BCUT2D eigenvalue weighted by atomic mass is 9.85. The summed E-state index contributed by atoms with van der Waals surface area (Å²) in [6.07, 6.45) is 0. The van der Waals surface area contributed by atoms with Gasteiger partial charge in [0.15, 0.2) is 0 Å². The third kappa shape index (κ3) is 3.42. The number of nitrogens with zero attached hydrogens (tertiary/aromatic N) is 2. The van der Waals surface area contributed by atoms with Gasteiger partial charge >= 0.3 is 0 Å². The highest BCUT2D eigenvalue weighted by Crippen LogP contribution is 2.20. The molecule has 0 unspecified atom stereocenters. The lowest BCUT2D eigenvalue weighted by Gasteiger charge is -2.24. The SMILES string of the molecule is CC(C)C(CNc1n[nH]c(N)n1)C(C)C. The topological polar surface area (TPSA) is 79.6 Å². The quantitative estimate of drug-likeness (QED) is 0.693. The van der Waals surface area contributed by atoms with Gasteiger partial charge in [-0.2, -0.15) is 4.98 Å². The van der Waals surface area contributed by atoms with Crippen molar-refractivity contribution in [3.63, 3.8) is 0 Å². The Kier molecular flexibility index (Phi) is 3.94. The van der Waals surface area contributed by atoms with E-state index < -0.39 is 0 Å². The van der Waals surface area contributed by atoms with Gasteiger partial charge in [-0.25, -0.2) is 5.10 Å². The number of hydrogen-bond donors (Lipinski definition) is 3. The maximum absolute atomic E-state index is 5.44. The molecule has 1 aromatic rings. The van der Waals surface area contributed by atoms with Gasteiger partial charge in [-0.05, 0) is 17.8 Å². The van der Waals surface area contributed by atoms with Crippen molar-refractivity contribution in [2.45, 2.75) is 27.7 Å². The summed E-state index contributed by atoms with van der Waals surface area (Å²) >= 11 is 0. The van der Waals surface area contributed by atoms with E-state index in [2.05, 4.69) is 48.2 Å². The van der Waals surface area contributed by atoms with Crippen LogP contribution >= 0.6 is 0 Å². The average Bonchev–Trinajstić information content (AvgIpc) is 2.50. The first-order valence-corrected chi connectivity index (χ1v) is 5.42. The lowest BCUT2D eigenvalue weighted by Crippen LogP contribution is -2.24. The van der Waals surface area contributed by atoms with E-state index in [1.54, 1.807) is 0 Å². The fourth-order valence-electron chi connectivity index (χ4n) is 1.80. The van der Waals surface area contributed by atoms with E-state index in [1.165, 1.54) is 0 Å². The number of anilines is 2. The second kappa shape index (κ2) is 5.00. The minimum Gasteiger partial charge on any atom is -0.368 e. The third-order valence-electron chi connectivity index (χ3n) is 2.71. The molecule has 0 aliphatic heterocycles. The zero-order valence-corrected chi connectivity index (χ0v) is 9.91. The monoisotopic (exact) mass is 211 g/mol. The van der Waals surface area contributed by atoms with Crippen LogP contribution in [0.2, 0.25) is 0 Å². The highest BCUT2D eigenvalue weighted by molar-refractivity contribution is 5.29. The Morgan fingerprint density at radius 1 is 1.27 bits per heavy atom. The van der Waals surface area contributed by atoms with Crippen LogP contribution in [0.5, 0.6) is 0 Å². The van der Waals surface area contributed by atoms with Crippen LogP contribution < -0.4 is 11.1 Å². The fourth-order valence-corrected chi connectivity index (χ4v) is 1.80. The molecule has 5 nitrogen and oxygen atoms in total. The molecule has 4 N–H and O–H groups in total. The van der Waals surface area contributed by atoms with Crippen molar-refractivity contribution < 1.29 is 0 Å². The fraction of sp³-hybridized carbons (Fsp3) is 0.800. The van der Waals surface area contributed by atoms with Gasteiger partial charge in [0, 0.05) is 6.54 Å². The Balaban J connectivity index is 2.47. The van der Waals surface area contributed by atoms with E-state index in [1.807, 2.05) is 0 Å². The smallest absolute Gasteiger partial charge is 0.243 e. The van der Waals surface area contributed by atoms with Crippen LogP contribution in [-0.2, 0) is 0 Å². The first-order chi connectivity index (χ1) is 7.00.